The third kappa shape index (κ3) is 1.95. The first kappa shape index (κ1) is 11.1. The molecule has 1 heterocycles. The SMILES string of the molecule is Cc1csc2cccc(CC(C)C(=O)O)c12. The van der Waals surface area contributed by atoms with Gasteiger partial charge in [0.1, 0.15) is 0 Å². The molecule has 2 aromatic rings. The monoisotopic (exact) mass is 234 g/mol. The minimum Gasteiger partial charge on any atom is -0.481 e. The van der Waals surface area contributed by atoms with Crippen molar-refractivity contribution in [3.8, 4) is 0 Å². The van der Waals surface area contributed by atoms with E-state index in [0.717, 1.165) is 5.56 Å². The van der Waals surface area contributed by atoms with Gasteiger partial charge in [-0.3, -0.25) is 4.79 Å². The molecule has 0 saturated heterocycles. The van der Waals surface area contributed by atoms with Crippen LogP contribution in [0.2, 0.25) is 0 Å². The molecule has 0 fully saturated rings. The minimum absolute atomic E-state index is 0.329. The van der Waals surface area contributed by atoms with Crippen LogP contribution in [0.15, 0.2) is 23.6 Å². The van der Waals surface area contributed by atoms with E-state index in [4.69, 9.17) is 5.11 Å². The Kier molecular flexibility index (Phi) is 2.97. The summed E-state index contributed by atoms with van der Waals surface area (Å²) in [6, 6.07) is 6.12. The lowest BCUT2D eigenvalue weighted by atomic mass is 9.97. The molecule has 1 atom stereocenters. The van der Waals surface area contributed by atoms with Crippen LogP contribution in [-0.4, -0.2) is 11.1 Å². The predicted molar refractivity (Wildman–Crippen MR) is 67.1 cm³/mol. The van der Waals surface area contributed by atoms with Gasteiger partial charge in [0.2, 0.25) is 0 Å². The average molecular weight is 234 g/mol. The molecule has 1 aromatic heterocycles. The van der Waals surface area contributed by atoms with Crippen LogP contribution in [0, 0.1) is 12.8 Å². The van der Waals surface area contributed by atoms with Gasteiger partial charge in [-0.25, -0.2) is 0 Å². The zero-order chi connectivity index (χ0) is 11.7. The molecule has 1 aromatic carbocycles. The van der Waals surface area contributed by atoms with Crippen LogP contribution in [0.5, 0.6) is 0 Å². The van der Waals surface area contributed by atoms with E-state index in [0.29, 0.717) is 6.42 Å². The van der Waals surface area contributed by atoms with Gasteiger partial charge in [-0.1, -0.05) is 19.1 Å². The molecule has 3 heteroatoms. The molecule has 2 rings (SSSR count). The summed E-state index contributed by atoms with van der Waals surface area (Å²) in [5.74, 6) is -1.06. The van der Waals surface area contributed by atoms with Gasteiger partial charge in [0.25, 0.3) is 0 Å². The Labute approximate surface area is 98.5 Å². The number of benzene rings is 1. The molecular formula is C13H14O2S. The fourth-order valence-corrected chi connectivity index (χ4v) is 2.91. The first-order chi connectivity index (χ1) is 7.59. The van der Waals surface area contributed by atoms with Crippen molar-refractivity contribution in [2.24, 2.45) is 5.92 Å². The second-order valence-corrected chi connectivity index (χ2v) is 5.06. The molecule has 0 radical (unpaired) electrons. The number of carboxylic acid groups (broad SMARTS) is 1. The lowest BCUT2D eigenvalue weighted by Gasteiger charge is -2.08. The highest BCUT2D eigenvalue weighted by Crippen LogP contribution is 2.29. The van der Waals surface area contributed by atoms with Crippen molar-refractivity contribution in [2.45, 2.75) is 20.3 Å². The summed E-state index contributed by atoms with van der Waals surface area (Å²) < 4.78 is 1.24. The maximum Gasteiger partial charge on any atom is 0.306 e. The van der Waals surface area contributed by atoms with E-state index >= 15 is 0 Å². The average Bonchev–Trinajstić information content (AvgIpc) is 2.61. The Balaban J connectivity index is 2.44. The van der Waals surface area contributed by atoms with Gasteiger partial charge in [-0.2, -0.15) is 0 Å². The number of carboxylic acids is 1. The molecule has 0 aliphatic carbocycles. The summed E-state index contributed by atoms with van der Waals surface area (Å²) in [6.07, 6.45) is 0.601. The first-order valence-corrected chi connectivity index (χ1v) is 6.16. The van der Waals surface area contributed by atoms with Crippen molar-refractivity contribution >= 4 is 27.4 Å². The second kappa shape index (κ2) is 4.26. The van der Waals surface area contributed by atoms with Gasteiger partial charge >= 0.3 is 5.97 Å². The molecule has 84 valence electrons. The van der Waals surface area contributed by atoms with Crippen molar-refractivity contribution in [3.63, 3.8) is 0 Å². The second-order valence-electron chi connectivity index (χ2n) is 4.15. The van der Waals surface area contributed by atoms with E-state index in [-0.39, 0.29) is 5.92 Å². The summed E-state index contributed by atoms with van der Waals surface area (Å²) in [5, 5.41) is 12.3. The van der Waals surface area contributed by atoms with Crippen molar-refractivity contribution in [1.29, 1.82) is 0 Å². The molecule has 1 unspecified atom stereocenters. The van der Waals surface area contributed by atoms with Gasteiger partial charge in [-0.05, 0) is 41.3 Å². The Morgan fingerprint density at radius 3 is 2.94 bits per heavy atom. The Hall–Kier alpha value is -1.35. The quantitative estimate of drug-likeness (QED) is 0.882. The standard InChI is InChI=1S/C13H14O2S/c1-8(13(14)15)6-10-4-3-5-11-12(10)9(2)7-16-11/h3-5,7-8H,6H2,1-2H3,(H,14,15). The van der Waals surface area contributed by atoms with E-state index in [2.05, 4.69) is 18.4 Å². The number of thiophene rings is 1. The van der Waals surface area contributed by atoms with Gasteiger partial charge in [0, 0.05) is 4.70 Å². The Morgan fingerprint density at radius 1 is 1.50 bits per heavy atom. The number of hydrogen-bond donors (Lipinski definition) is 1. The van der Waals surface area contributed by atoms with Crippen molar-refractivity contribution in [2.75, 3.05) is 0 Å². The molecule has 0 saturated carbocycles. The summed E-state index contributed by atoms with van der Waals surface area (Å²) in [6.45, 7) is 3.83. The summed E-state index contributed by atoms with van der Waals surface area (Å²) >= 11 is 1.72. The van der Waals surface area contributed by atoms with Crippen LogP contribution in [0.25, 0.3) is 10.1 Å². The van der Waals surface area contributed by atoms with Crippen LogP contribution in [-0.2, 0) is 11.2 Å². The normalized spacial score (nSPS) is 12.9. The maximum atomic E-state index is 10.9. The smallest absolute Gasteiger partial charge is 0.306 e. The molecule has 0 amide bonds. The number of carbonyl (C=O) groups is 1. The lowest BCUT2D eigenvalue weighted by molar-refractivity contribution is -0.141. The van der Waals surface area contributed by atoms with Crippen LogP contribution in [0.3, 0.4) is 0 Å². The number of aryl methyl sites for hydroxylation is 1. The summed E-state index contributed by atoms with van der Waals surface area (Å²) in [5.41, 5.74) is 2.39. The lowest BCUT2D eigenvalue weighted by Crippen LogP contribution is -2.12. The van der Waals surface area contributed by atoms with Crippen molar-refractivity contribution in [3.05, 3.63) is 34.7 Å². The van der Waals surface area contributed by atoms with E-state index < -0.39 is 5.97 Å². The highest BCUT2D eigenvalue weighted by atomic mass is 32.1. The summed E-state index contributed by atoms with van der Waals surface area (Å²) in [4.78, 5) is 10.9. The van der Waals surface area contributed by atoms with E-state index in [1.54, 1.807) is 18.3 Å². The van der Waals surface area contributed by atoms with Crippen LogP contribution >= 0.6 is 11.3 Å². The fraction of sp³-hybridized carbons (Fsp3) is 0.308. The van der Waals surface area contributed by atoms with Gasteiger partial charge in [0.05, 0.1) is 5.92 Å². The van der Waals surface area contributed by atoms with E-state index in [1.165, 1.54) is 15.6 Å². The molecule has 0 bridgehead atoms. The fourth-order valence-electron chi connectivity index (χ4n) is 1.92. The Bertz CT molecular complexity index is 528. The molecule has 0 aliphatic heterocycles. The van der Waals surface area contributed by atoms with Crippen molar-refractivity contribution < 1.29 is 9.90 Å². The van der Waals surface area contributed by atoms with Crippen LogP contribution in [0.4, 0.5) is 0 Å². The summed E-state index contributed by atoms with van der Waals surface area (Å²) in [7, 11) is 0. The molecule has 1 N–H and O–H groups in total. The zero-order valence-electron chi connectivity index (χ0n) is 9.36. The molecular weight excluding hydrogens is 220 g/mol. The number of hydrogen-bond acceptors (Lipinski definition) is 2. The molecule has 2 nitrogen and oxygen atoms in total. The molecule has 16 heavy (non-hydrogen) atoms. The van der Waals surface area contributed by atoms with Gasteiger partial charge in [0.15, 0.2) is 0 Å². The third-order valence-electron chi connectivity index (χ3n) is 2.82. The third-order valence-corrected chi connectivity index (χ3v) is 3.88. The minimum atomic E-state index is -0.732. The van der Waals surface area contributed by atoms with Gasteiger partial charge in [-0.15, -0.1) is 11.3 Å². The molecule has 0 aliphatic rings. The van der Waals surface area contributed by atoms with E-state index in [1.807, 2.05) is 12.1 Å². The number of fused-ring (bicyclic) bond motifs is 1. The maximum absolute atomic E-state index is 10.9. The highest BCUT2D eigenvalue weighted by Gasteiger charge is 2.14. The van der Waals surface area contributed by atoms with Gasteiger partial charge < -0.3 is 5.11 Å². The topological polar surface area (TPSA) is 37.3 Å². The number of aliphatic carboxylic acids is 1. The number of rotatable bonds is 3. The van der Waals surface area contributed by atoms with Crippen LogP contribution in [0.1, 0.15) is 18.1 Å². The Morgan fingerprint density at radius 2 is 2.25 bits per heavy atom. The molecule has 0 spiro atoms. The largest absolute Gasteiger partial charge is 0.481 e. The van der Waals surface area contributed by atoms with Crippen molar-refractivity contribution in [1.82, 2.24) is 0 Å². The first-order valence-electron chi connectivity index (χ1n) is 5.28. The predicted octanol–water partition coefficient (Wildman–Crippen LogP) is 3.47. The highest BCUT2D eigenvalue weighted by molar-refractivity contribution is 7.17. The van der Waals surface area contributed by atoms with Crippen LogP contribution < -0.4 is 0 Å². The van der Waals surface area contributed by atoms with E-state index in [9.17, 15) is 4.79 Å². The zero-order valence-corrected chi connectivity index (χ0v) is 10.2.